The van der Waals surface area contributed by atoms with Crippen LogP contribution in [0.15, 0.2) is 35.5 Å². The molecule has 2 heteroatoms. The number of fused-ring (bicyclic) bond motifs is 1. The van der Waals surface area contributed by atoms with Crippen LogP contribution in [0.4, 0.5) is 0 Å². The molecule has 0 atom stereocenters. The molecule has 0 amide bonds. The number of benzene rings is 1. The highest BCUT2D eigenvalue weighted by atomic mass is 16.3. The van der Waals surface area contributed by atoms with E-state index in [0.29, 0.717) is 0 Å². The topological polar surface area (TPSA) is 32.6 Å². The van der Waals surface area contributed by atoms with Gasteiger partial charge in [-0.05, 0) is 17.2 Å². The van der Waals surface area contributed by atoms with Gasteiger partial charge < -0.3 is 5.11 Å². The quantitative estimate of drug-likeness (QED) is 0.688. The van der Waals surface area contributed by atoms with Gasteiger partial charge in [-0.2, -0.15) is 0 Å². The average Bonchev–Trinajstić information content (AvgIpc) is 2.38. The van der Waals surface area contributed by atoms with Crippen LogP contribution in [0, 0.1) is 0 Å². The second kappa shape index (κ2) is 3.54. The summed E-state index contributed by atoms with van der Waals surface area (Å²) in [5, 5.41) is 8.98. The predicted molar refractivity (Wildman–Crippen MR) is 53.7 cm³/mol. The number of nitrogens with zero attached hydrogens (tertiary/aromatic N) is 1. The van der Waals surface area contributed by atoms with Crippen LogP contribution in [-0.2, 0) is 6.42 Å². The van der Waals surface area contributed by atoms with E-state index < -0.39 is 0 Å². The maximum atomic E-state index is 8.98. The van der Waals surface area contributed by atoms with Gasteiger partial charge in [0.25, 0.3) is 0 Å². The van der Waals surface area contributed by atoms with Crippen molar-refractivity contribution in [3.63, 3.8) is 0 Å². The number of hydrogen-bond donors (Lipinski definition) is 1. The molecule has 0 saturated heterocycles. The second-order valence-electron chi connectivity index (χ2n) is 3.04. The summed E-state index contributed by atoms with van der Waals surface area (Å²) in [5.74, 6) is 0. The van der Waals surface area contributed by atoms with E-state index in [1.807, 2.05) is 18.2 Å². The molecule has 0 radical (unpaired) electrons. The van der Waals surface area contributed by atoms with Crippen molar-refractivity contribution >= 4 is 11.8 Å². The molecule has 13 heavy (non-hydrogen) atoms. The average molecular weight is 173 g/mol. The van der Waals surface area contributed by atoms with Crippen LogP contribution in [0.25, 0.3) is 6.08 Å². The summed E-state index contributed by atoms with van der Waals surface area (Å²) in [6.45, 7) is 0.0404. The van der Waals surface area contributed by atoms with Gasteiger partial charge in [-0.1, -0.05) is 24.3 Å². The second-order valence-corrected chi connectivity index (χ2v) is 3.04. The monoisotopic (exact) mass is 173 g/mol. The van der Waals surface area contributed by atoms with Gasteiger partial charge in [0, 0.05) is 18.3 Å². The van der Waals surface area contributed by atoms with E-state index in [2.05, 4.69) is 17.1 Å². The lowest BCUT2D eigenvalue weighted by Gasteiger charge is -2.03. The Bertz CT molecular complexity index is 366. The van der Waals surface area contributed by atoms with Gasteiger partial charge in [-0.15, -0.1) is 0 Å². The third-order valence-electron chi connectivity index (χ3n) is 2.14. The van der Waals surface area contributed by atoms with Gasteiger partial charge >= 0.3 is 0 Å². The first-order valence-electron chi connectivity index (χ1n) is 4.31. The molecule has 2 rings (SSSR count). The molecular weight excluding hydrogens is 162 g/mol. The van der Waals surface area contributed by atoms with Gasteiger partial charge in [0.2, 0.25) is 0 Å². The SMILES string of the molecule is OCC1=NC=Cc2ccccc2C1. The molecule has 0 aliphatic carbocycles. The highest BCUT2D eigenvalue weighted by Crippen LogP contribution is 2.14. The molecule has 0 aromatic heterocycles. The van der Waals surface area contributed by atoms with Crippen molar-refractivity contribution < 1.29 is 5.11 Å². The van der Waals surface area contributed by atoms with Gasteiger partial charge in [0.1, 0.15) is 0 Å². The van der Waals surface area contributed by atoms with E-state index in [-0.39, 0.29) is 6.61 Å². The third-order valence-corrected chi connectivity index (χ3v) is 2.14. The van der Waals surface area contributed by atoms with Crippen molar-refractivity contribution in [2.45, 2.75) is 6.42 Å². The Morgan fingerprint density at radius 2 is 2.15 bits per heavy atom. The highest BCUT2D eigenvalue weighted by Gasteiger charge is 2.05. The van der Waals surface area contributed by atoms with Crippen LogP contribution in [0.5, 0.6) is 0 Å². The number of aliphatic hydroxyl groups is 1. The van der Waals surface area contributed by atoms with Crippen LogP contribution in [0.3, 0.4) is 0 Å². The Balaban J connectivity index is 2.40. The molecule has 0 unspecified atom stereocenters. The highest BCUT2D eigenvalue weighted by molar-refractivity contribution is 5.90. The largest absolute Gasteiger partial charge is 0.390 e. The fourth-order valence-corrected chi connectivity index (χ4v) is 1.44. The molecular formula is C11H11NO. The maximum absolute atomic E-state index is 8.98. The summed E-state index contributed by atoms with van der Waals surface area (Å²) in [7, 11) is 0. The molecule has 1 aromatic carbocycles. The van der Waals surface area contributed by atoms with Crippen LogP contribution < -0.4 is 0 Å². The van der Waals surface area contributed by atoms with Crippen molar-refractivity contribution in [1.29, 1.82) is 0 Å². The summed E-state index contributed by atoms with van der Waals surface area (Å²) >= 11 is 0. The van der Waals surface area contributed by atoms with E-state index in [1.54, 1.807) is 6.20 Å². The molecule has 2 nitrogen and oxygen atoms in total. The van der Waals surface area contributed by atoms with Crippen molar-refractivity contribution in [2.24, 2.45) is 4.99 Å². The Kier molecular flexibility index (Phi) is 2.23. The normalized spacial score (nSPS) is 14.7. The minimum Gasteiger partial charge on any atom is -0.390 e. The van der Waals surface area contributed by atoms with Crippen molar-refractivity contribution in [1.82, 2.24) is 0 Å². The molecule has 1 heterocycles. The molecule has 0 fully saturated rings. The first kappa shape index (κ1) is 8.20. The Morgan fingerprint density at radius 3 is 3.00 bits per heavy atom. The summed E-state index contributed by atoms with van der Waals surface area (Å²) in [5.41, 5.74) is 3.24. The first-order valence-corrected chi connectivity index (χ1v) is 4.31. The third kappa shape index (κ3) is 1.68. The molecule has 0 saturated carbocycles. The standard InChI is InChI=1S/C11H11NO/c13-8-11-7-10-4-2-1-3-9(10)5-6-12-11/h1-6,13H,7-8H2. The predicted octanol–water partition coefficient (Wildman–Crippen LogP) is 1.65. The zero-order valence-electron chi connectivity index (χ0n) is 7.27. The Morgan fingerprint density at radius 1 is 1.31 bits per heavy atom. The number of rotatable bonds is 1. The van der Waals surface area contributed by atoms with Gasteiger partial charge in [0.15, 0.2) is 0 Å². The molecule has 1 aromatic rings. The number of hydrogen-bond acceptors (Lipinski definition) is 2. The van der Waals surface area contributed by atoms with Crippen molar-refractivity contribution in [2.75, 3.05) is 6.61 Å². The minimum absolute atomic E-state index is 0.0404. The smallest absolute Gasteiger partial charge is 0.0817 e. The van der Waals surface area contributed by atoms with Crippen LogP contribution in [0.1, 0.15) is 11.1 Å². The zero-order chi connectivity index (χ0) is 9.10. The molecule has 0 bridgehead atoms. The summed E-state index contributed by atoms with van der Waals surface area (Å²) in [6, 6.07) is 8.14. The van der Waals surface area contributed by atoms with Gasteiger partial charge in [-0.25, -0.2) is 0 Å². The fraction of sp³-hybridized carbons (Fsp3) is 0.182. The van der Waals surface area contributed by atoms with E-state index in [4.69, 9.17) is 5.11 Å². The lowest BCUT2D eigenvalue weighted by atomic mass is 10.0. The summed E-state index contributed by atoms with van der Waals surface area (Å²) in [4.78, 5) is 4.14. The molecule has 0 spiro atoms. The first-order chi connectivity index (χ1) is 6.40. The van der Waals surface area contributed by atoms with Crippen molar-refractivity contribution in [3.8, 4) is 0 Å². The number of aliphatic hydroxyl groups excluding tert-OH is 1. The van der Waals surface area contributed by atoms with Crippen molar-refractivity contribution in [3.05, 3.63) is 41.6 Å². The zero-order valence-corrected chi connectivity index (χ0v) is 7.27. The fourth-order valence-electron chi connectivity index (χ4n) is 1.44. The number of aliphatic imine (C=N–C) groups is 1. The van der Waals surface area contributed by atoms with Crippen LogP contribution in [-0.4, -0.2) is 17.4 Å². The minimum atomic E-state index is 0.0404. The summed E-state index contributed by atoms with van der Waals surface area (Å²) < 4.78 is 0. The van der Waals surface area contributed by atoms with Gasteiger partial charge in [-0.3, -0.25) is 4.99 Å². The molecule has 1 aliphatic heterocycles. The van der Waals surface area contributed by atoms with Gasteiger partial charge in [0.05, 0.1) is 6.61 Å². The maximum Gasteiger partial charge on any atom is 0.0817 e. The summed E-state index contributed by atoms with van der Waals surface area (Å²) in [6.07, 6.45) is 4.47. The Hall–Kier alpha value is -1.41. The lowest BCUT2D eigenvalue weighted by Crippen LogP contribution is -2.07. The van der Waals surface area contributed by atoms with E-state index in [1.165, 1.54) is 11.1 Å². The van der Waals surface area contributed by atoms with Crippen LogP contribution in [0.2, 0.25) is 0 Å². The Labute approximate surface area is 77.3 Å². The van der Waals surface area contributed by atoms with Crippen LogP contribution >= 0.6 is 0 Å². The molecule has 1 aliphatic rings. The molecule has 66 valence electrons. The van der Waals surface area contributed by atoms with E-state index >= 15 is 0 Å². The molecule has 1 N–H and O–H groups in total. The van der Waals surface area contributed by atoms with E-state index in [9.17, 15) is 0 Å². The lowest BCUT2D eigenvalue weighted by molar-refractivity contribution is 0.355. The van der Waals surface area contributed by atoms with E-state index in [0.717, 1.165) is 12.1 Å².